The van der Waals surface area contributed by atoms with Crippen LogP contribution in [0.5, 0.6) is 0 Å². The van der Waals surface area contributed by atoms with Gasteiger partial charge in [0.2, 0.25) is 35.4 Å². The molecule has 0 bridgehead atoms. The van der Waals surface area contributed by atoms with E-state index in [9.17, 15) is 47.9 Å². The van der Waals surface area contributed by atoms with E-state index in [1.54, 1.807) is 30.6 Å². The van der Waals surface area contributed by atoms with Crippen molar-refractivity contribution in [2.24, 2.45) is 23.5 Å². The van der Waals surface area contributed by atoms with Crippen molar-refractivity contribution in [1.29, 1.82) is 0 Å². The SMILES string of the molecule is C[C@@H](CSSc1ccccn1)C(=O)NCCCC[C@@H]1CC(=O)[C@@H]2CCCN2C(=O)COC(=O)[C@H](CC2=CCc3ccccc32)NC(=O)[C@H](CCCCN(C)C)CC(=O)[C@H](CSSc2ccccn2)NC(=O)C[C@@H](C(=O)N2CCC[C@H]2C(N)=O)NC1=O. The molecule has 0 saturated carbocycles. The highest BCUT2D eigenvalue weighted by molar-refractivity contribution is 8.77. The summed E-state index contributed by atoms with van der Waals surface area (Å²) in [4.78, 5) is 156. The van der Waals surface area contributed by atoms with Crippen LogP contribution in [0.25, 0.3) is 5.57 Å². The number of rotatable bonds is 23. The van der Waals surface area contributed by atoms with E-state index in [2.05, 4.69) is 31.2 Å². The van der Waals surface area contributed by atoms with Gasteiger partial charge in [-0.3, -0.25) is 43.2 Å². The van der Waals surface area contributed by atoms with Crippen molar-refractivity contribution in [3.8, 4) is 0 Å². The lowest BCUT2D eigenvalue weighted by atomic mass is 9.91. The van der Waals surface area contributed by atoms with Gasteiger partial charge in [0.15, 0.2) is 18.2 Å². The predicted octanol–water partition coefficient (Wildman–Crippen LogP) is 5.36. The number of Topliss-reactive ketones (excluding diaryl/α,β-unsaturated/α-hetero) is 2. The van der Waals surface area contributed by atoms with Gasteiger partial charge in [-0.1, -0.05) is 83.8 Å². The van der Waals surface area contributed by atoms with Crippen LogP contribution in [0.15, 0.2) is 89.2 Å². The number of amides is 7. The molecule has 4 aliphatic rings. The Morgan fingerprint density at radius 1 is 0.767 bits per heavy atom. The van der Waals surface area contributed by atoms with E-state index in [4.69, 9.17) is 10.5 Å². The van der Waals surface area contributed by atoms with Crippen LogP contribution in [-0.4, -0.2) is 172 Å². The van der Waals surface area contributed by atoms with Crippen molar-refractivity contribution in [3.63, 3.8) is 0 Å². The fourth-order valence-electron chi connectivity index (χ4n) is 11.0. The summed E-state index contributed by atoms with van der Waals surface area (Å²) in [5, 5.41) is 12.9. The third-order valence-corrected chi connectivity index (χ3v) is 20.4. The molecular formula is C61H80N10O11S4. The summed E-state index contributed by atoms with van der Waals surface area (Å²) in [6, 6.07) is 12.5. The number of fused-ring (bicyclic) bond motifs is 2. The number of cyclic esters (lactones) is 1. The molecule has 86 heavy (non-hydrogen) atoms. The zero-order valence-electron chi connectivity index (χ0n) is 49.1. The number of pyridine rings is 2. The second-order valence-corrected chi connectivity index (χ2v) is 27.2. The molecule has 464 valence electrons. The molecule has 3 saturated heterocycles. The highest BCUT2D eigenvalue weighted by Crippen LogP contribution is 2.34. The predicted molar refractivity (Wildman–Crippen MR) is 333 cm³/mol. The Balaban J connectivity index is 1.17. The number of benzene rings is 1. The highest BCUT2D eigenvalue weighted by Gasteiger charge is 2.41. The second kappa shape index (κ2) is 34.3. The second-order valence-electron chi connectivity index (χ2n) is 22.5. The molecule has 5 heterocycles. The number of likely N-dealkylation sites (tertiary alicyclic amines) is 1. The minimum Gasteiger partial charge on any atom is -0.454 e. The number of carbonyl (C=O) groups excluding carboxylic acids is 10. The van der Waals surface area contributed by atoms with Crippen LogP contribution in [0.2, 0.25) is 0 Å². The van der Waals surface area contributed by atoms with Crippen molar-refractivity contribution >= 4 is 108 Å². The number of allylic oxidation sites excluding steroid dienone is 1. The minimum absolute atomic E-state index is 0.0100. The number of carbonyl (C=O) groups is 10. The van der Waals surface area contributed by atoms with Gasteiger partial charge >= 0.3 is 5.97 Å². The van der Waals surface area contributed by atoms with Gasteiger partial charge < -0.3 is 46.4 Å². The van der Waals surface area contributed by atoms with Gasteiger partial charge in [0, 0.05) is 80.5 Å². The quantitative estimate of drug-likeness (QED) is 0.0454. The third-order valence-electron chi connectivity index (χ3n) is 15.7. The molecule has 25 heteroatoms. The molecule has 21 nitrogen and oxygen atoms in total. The molecule has 1 aliphatic carbocycles. The Bertz CT molecular complexity index is 2890. The van der Waals surface area contributed by atoms with Crippen LogP contribution >= 0.6 is 43.2 Å². The van der Waals surface area contributed by atoms with Crippen molar-refractivity contribution in [2.45, 2.75) is 143 Å². The van der Waals surface area contributed by atoms with Crippen LogP contribution in [-0.2, 0) is 59.1 Å². The topological polar surface area (TPSA) is 290 Å². The number of primary amides is 1. The Morgan fingerprint density at radius 3 is 2.13 bits per heavy atom. The number of hydrogen-bond acceptors (Lipinski definition) is 18. The molecule has 3 aliphatic heterocycles. The first-order valence-corrected chi connectivity index (χ1v) is 34.2. The molecule has 0 unspecified atom stereocenters. The molecule has 7 rings (SSSR count). The molecular weight excluding hydrogens is 1180 g/mol. The van der Waals surface area contributed by atoms with Crippen molar-refractivity contribution in [3.05, 3.63) is 90.3 Å². The summed E-state index contributed by atoms with van der Waals surface area (Å²) in [7, 11) is 9.34. The average molecular weight is 1260 g/mol. The normalized spacial score (nSPS) is 23.2. The number of nitrogens with two attached hydrogens (primary N) is 1. The molecule has 0 spiro atoms. The summed E-state index contributed by atoms with van der Waals surface area (Å²) >= 11 is 0. The molecule has 3 fully saturated rings. The molecule has 8 atom stereocenters. The van der Waals surface area contributed by atoms with Gasteiger partial charge in [0.25, 0.3) is 5.91 Å². The summed E-state index contributed by atoms with van der Waals surface area (Å²) < 4.78 is 5.77. The average Bonchev–Trinajstić information content (AvgIpc) is 3.01. The Morgan fingerprint density at radius 2 is 1.43 bits per heavy atom. The number of esters is 1. The maximum absolute atomic E-state index is 14.9. The standard InChI is InChI=1S/C61H80N10O11S4/c1-39(37-83-85-53-22-7-11-26-63-53)57(77)65-28-10-6-17-43-34-51(73)48-20-14-30-70(48)55(75)36-82-61(81)46(32-41-25-24-40-16-4-5-19-44(40)41)68-59(79)42(18-9-13-29-69(2)3)33-50(72)47(38-84-86-54-23-8-12-27-64-54)66-52(74)35-45(67-58(43)78)60(80)71-31-15-21-49(71)56(62)76/h4-5,7-8,11-12,16,19,22-23,25-27,39,42-43,45-49H,6,9-10,13-15,17-18,20-21,24,28-38H2,1-3H3,(H2,62,76)(H,65,77)(H,66,74)(H,67,78)(H,68,79)/t39-,42+,43+,45-,46-,47-,48-,49-/m0/s1. The van der Waals surface area contributed by atoms with Gasteiger partial charge in [-0.15, -0.1) is 0 Å². The Hall–Kier alpha value is -6.28. The van der Waals surface area contributed by atoms with Gasteiger partial charge in [-0.05, 0) is 141 Å². The van der Waals surface area contributed by atoms with Gasteiger partial charge in [-0.25, -0.2) is 14.8 Å². The lowest BCUT2D eigenvalue weighted by molar-refractivity contribution is -0.155. The van der Waals surface area contributed by atoms with Crippen molar-refractivity contribution in [1.82, 2.24) is 45.9 Å². The first-order chi connectivity index (χ1) is 41.4. The molecule has 2 aromatic heterocycles. The van der Waals surface area contributed by atoms with Gasteiger partial charge in [-0.2, -0.15) is 0 Å². The number of aromatic nitrogens is 2. The van der Waals surface area contributed by atoms with Crippen LogP contribution in [0.1, 0.15) is 108 Å². The van der Waals surface area contributed by atoms with Gasteiger partial charge in [0.05, 0.1) is 18.5 Å². The molecule has 7 amide bonds. The Labute approximate surface area is 519 Å². The zero-order valence-corrected chi connectivity index (χ0v) is 52.4. The number of unbranched alkanes of at least 4 members (excludes halogenated alkanes) is 2. The number of ketones is 2. The molecule has 1 aromatic carbocycles. The zero-order chi connectivity index (χ0) is 61.5. The van der Waals surface area contributed by atoms with E-state index >= 15 is 0 Å². The summed E-state index contributed by atoms with van der Waals surface area (Å²) in [6.07, 6.45) is 8.20. The van der Waals surface area contributed by atoms with Crippen LogP contribution < -0.4 is 27.0 Å². The first kappa shape index (κ1) is 67.2. The Kier molecular flexibility index (Phi) is 26.8. The lowest BCUT2D eigenvalue weighted by Gasteiger charge is -2.30. The minimum atomic E-state index is -1.59. The van der Waals surface area contributed by atoms with Gasteiger partial charge in [0.1, 0.15) is 28.2 Å². The van der Waals surface area contributed by atoms with E-state index < -0.39 is 108 Å². The van der Waals surface area contributed by atoms with E-state index in [1.807, 2.05) is 74.5 Å². The van der Waals surface area contributed by atoms with E-state index in [-0.39, 0.29) is 82.2 Å². The van der Waals surface area contributed by atoms with Crippen molar-refractivity contribution < 1.29 is 52.7 Å². The summed E-state index contributed by atoms with van der Waals surface area (Å²) in [5.41, 5.74) is 8.51. The fourth-order valence-corrected chi connectivity index (χ4v) is 15.4. The van der Waals surface area contributed by atoms with E-state index in [1.165, 1.54) is 53.0 Å². The number of ether oxygens (including phenoxy) is 1. The van der Waals surface area contributed by atoms with Crippen LogP contribution in [0.3, 0.4) is 0 Å². The maximum atomic E-state index is 14.9. The lowest BCUT2D eigenvalue weighted by Crippen LogP contribution is -2.56. The summed E-state index contributed by atoms with van der Waals surface area (Å²) in [5.74, 6) is -8.20. The third kappa shape index (κ3) is 20.4. The monoisotopic (exact) mass is 1260 g/mol. The molecule has 6 N–H and O–H groups in total. The largest absolute Gasteiger partial charge is 0.454 e. The maximum Gasteiger partial charge on any atom is 0.329 e. The molecule has 3 aromatic rings. The van der Waals surface area contributed by atoms with Crippen molar-refractivity contribution in [2.75, 3.05) is 58.4 Å². The highest BCUT2D eigenvalue weighted by atomic mass is 33.1. The van der Waals surface area contributed by atoms with E-state index in [0.29, 0.717) is 62.3 Å². The summed E-state index contributed by atoms with van der Waals surface area (Å²) in [6.45, 7) is 2.33. The molecule has 0 radical (unpaired) electrons. The van der Waals surface area contributed by atoms with E-state index in [0.717, 1.165) is 21.7 Å². The smallest absolute Gasteiger partial charge is 0.329 e. The first-order valence-electron chi connectivity index (χ1n) is 29.6. The van der Waals surface area contributed by atoms with Crippen LogP contribution in [0, 0.1) is 17.8 Å². The van der Waals surface area contributed by atoms with Crippen LogP contribution in [0.4, 0.5) is 0 Å². The number of nitrogens with zero attached hydrogens (tertiary/aromatic N) is 5. The number of nitrogens with one attached hydrogen (secondary N) is 4. The fraction of sp³-hybridized carbons (Fsp3) is 0.541. The number of hydrogen-bond donors (Lipinski definition) is 5.